The van der Waals surface area contributed by atoms with Crippen molar-refractivity contribution in [2.24, 2.45) is 5.92 Å². The van der Waals surface area contributed by atoms with E-state index >= 15 is 0 Å². The number of anilines is 1. The van der Waals surface area contributed by atoms with Gasteiger partial charge in [-0.3, -0.25) is 4.79 Å². The molecule has 0 spiro atoms. The van der Waals surface area contributed by atoms with Crippen LogP contribution in [-0.4, -0.2) is 24.7 Å². The number of ether oxygens (including phenoxy) is 1. The summed E-state index contributed by atoms with van der Waals surface area (Å²) in [5, 5.41) is 8.34. The van der Waals surface area contributed by atoms with E-state index in [-0.39, 0.29) is 31.0 Å². The largest absolute Gasteiger partial charge is 0.411 e. The van der Waals surface area contributed by atoms with Crippen LogP contribution in [-0.2, 0) is 29.2 Å². The molecule has 31 heavy (non-hydrogen) atoms. The number of alkyl halides is 3. The molecule has 0 aromatic heterocycles. The summed E-state index contributed by atoms with van der Waals surface area (Å²) in [5.41, 5.74) is 2.98. The lowest BCUT2D eigenvalue weighted by atomic mass is 10.1. The fourth-order valence-electron chi connectivity index (χ4n) is 2.81. The molecule has 0 unspecified atom stereocenters. The average Bonchev–Trinajstić information content (AvgIpc) is 3.56. The van der Waals surface area contributed by atoms with E-state index in [9.17, 15) is 22.8 Å². The van der Waals surface area contributed by atoms with Crippen LogP contribution in [0.5, 0.6) is 0 Å². The van der Waals surface area contributed by atoms with E-state index in [1.807, 2.05) is 24.3 Å². The first-order valence-corrected chi connectivity index (χ1v) is 9.92. The highest BCUT2D eigenvalue weighted by Crippen LogP contribution is 2.30. The molecule has 0 atom stereocenters. The lowest BCUT2D eigenvalue weighted by Gasteiger charge is -2.10. The molecule has 6 nitrogen and oxygen atoms in total. The fourth-order valence-corrected chi connectivity index (χ4v) is 2.81. The Morgan fingerprint density at radius 1 is 0.935 bits per heavy atom. The molecule has 0 radical (unpaired) electrons. The molecule has 0 heterocycles. The third-order valence-corrected chi connectivity index (χ3v) is 4.61. The molecule has 166 valence electrons. The molecule has 1 aliphatic carbocycles. The van der Waals surface area contributed by atoms with Gasteiger partial charge in [-0.1, -0.05) is 36.4 Å². The van der Waals surface area contributed by atoms with Crippen LogP contribution in [0.2, 0.25) is 0 Å². The molecule has 2 aromatic carbocycles. The van der Waals surface area contributed by atoms with E-state index in [1.165, 1.54) is 0 Å². The standard InChI is InChI=1S/C22H24F3N3O3/c23-22(24,25)14-31-13-16-6-4-15(5-7-16)11-26-21(30)27-12-17-2-1-3-19(10-17)28-20(29)18-8-9-18/h1-7,10,18H,8-9,11-14H2,(H,28,29)(H2,26,27,30). The van der Waals surface area contributed by atoms with Crippen LogP contribution < -0.4 is 16.0 Å². The summed E-state index contributed by atoms with van der Waals surface area (Å²) in [7, 11) is 0. The highest BCUT2D eigenvalue weighted by molar-refractivity contribution is 5.94. The lowest BCUT2D eigenvalue weighted by molar-refractivity contribution is -0.176. The number of nitrogens with one attached hydrogen (secondary N) is 3. The second-order valence-corrected chi connectivity index (χ2v) is 7.42. The van der Waals surface area contributed by atoms with Crippen molar-refractivity contribution in [2.75, 3.05) is 11.9 Å². The van der Waals surface area contributed by atoms with Gasteiger partial charge < -0.3 is 20.7 Å². The van der Waals surface area contributed by atoms with Crippen molar-refractivity contribution in [3.8, 4) is 0 Å². The Morgan fingerprint density at radius 2 is 1.58 bits per heavy atom. The molecule has 3 rings (SSSR count). The summed E-state index contributed by atoms with van der Waals surface area (Å²) in [4.78, 5) is 23.9. The van der Waals surface area contributed by atoms with Crippen LogP contribution >= 0.6 is 0 Å². The number of benzene rings is 2. The Hall–Kier alpha value is -3.07. The van der Waals surface area contributed by atoms with Crippen LogP contribution in [0.3, 0.4) is 0 Å². The third kappa shape index (κ3) is 8.29. The van der Waals surface area contributed by atoms with Crippen molar-refractivity contribution in [3.63, 3.8) is 0 Å². The number of hydrogen-bond acceptors (Lipinski definition) is 3. The number of carbonyl (C=O) groups is 2. The maximum absolute atomic E-state index is 12.1. The Morgan fingerprint density at radius 3 is 2.23 bits per heavy atom. The van der Waals surface area contributed by atoms with Crippen LogP contribution in [0.1, 0.15) is 29.5 Å². The van der Waals surface area contributed by atoms with Gasteiger partial charge in [-0.05, 0) is 41.7 Å². The molecule has 0 aliphatic heterocycles. The first-order chi connectivity index (χ1) is 14.8. The zero-order chi connectivity index (χ0) is 22.3. The zero-order valence-electron chi connectivity index (χ0n) is 16.8. The van der Waals surface area contributed by atoms with E-state index in [4.69, 9.17) is 0 Å². The van der Waals surface area contributed by atoms with Crippen LogP contribution in [0.25, 0.3) is 0 Å². The SMILES string of the molecule is O=C(NCc1ccc(COCC(F)(F)F)cc1)NCc1cccc(NC(=O)C2CC2)c1. The number of hydrogen-bond donors (Lipinski definition) is 3. The average molecular weight is 435 g/mol. The second-order valence-electron chi connectivity index (χ2n) is 7.42. The van der Waals surface area contributed by atoms with E-state index in [2.05, 4.69) is 20.7 Å². The minimum absolute atomic E-state index is 0.0285. The Labute approximate surface area is 178 Å². The van der Waals surface area contributed by atoms with Gasteiger partial charge in [-0.25, -0.2) is 4.79 Å². The predicted molar refractivity (Wildman–Crippen MR) is 109 cm³/mol. The van der Waals surface area contributed by atoms with Crippen LogP contribution in [0.15, 0.2) is 48.5 Å². The summed E-state index contributed by atoms with van der Waals surface area (Å²) in [6, 6.07) is 13.7. The van der Waals surface area contributed by atoms with Crippen molar-refractivity contribution < 1.29 is 27.5 Å². The van der Waals surface area contributed by atoms with Gasteiger partial charge in [0.1, 0.15) is 6.61 Å². The third-order valence-electron chi connectivity index (χ3n) is 4.61. The molecule has 1 aliphatic rings. The summed E-state index contributed by atoms with van der Waals surface area (Å²) in [6.07, 6.45) is -2.48. The molecule has 0 saturated heterocycles. The van der Waals surface area contributed by atoms with E-state index in [0.29, 0.717) is 17.8 Å². The molecule has 0 bridgehead atoms. The van der Waals surface area contributed by atoms with Gasteiger partial charge in [0, 0.05) is 24.7 Å². The number of urea groups is 1. The molecule has 3 amide bonds. The minimum Gasteiger partial charge on any atom is -0.367 e. The fraction of sp³-hybridized carbons (Fsp3) is 0.364. The molecule has 1 fully saturated rings. The monoisotopic (exact) mass is 435 g/mol. The van der Waals surface area contributed by atoms with Crippen LogP contribution in [0.4, 0.5) is 23.7 Å². The van der Waals surface area contributed by atoms with Gasteiger partial charge in [0.2, 0.25) is 5.91 Å². The lowest BCUT2D eigenvalue weighted by Crippen LogP contribution is -2.34. The number of rotatable bonds is 9. The Kier molecular flexibility index (Phi) is 7.51. The number of amides is 3. The highest BCUT2D eigenvalue weighted by atomic mass is 19.4. The van der Waals surface area contributed by atoms with Gasteiger partial charge in [0.15, 0.2) is 0 Å². The smallest absolute Gasteiger partial charge is 0.367 e. The maximum Gasteiger partial charge on any atom is 0.411 e. The first kappa shape index (κ1) is 22.6. The van der Waals surface area contributed by atoms with Gasteiger partial charge in [0.05, 0.1) is 6.61 Å². The van der Waals surface area contributed by atoms with E-state index < -0.39 is 12.8 Å². The molecule has 1 saturated carbocycles. The van der Waals surface area contributed by atoms with Crippen LogP contribution in [0, 0.1) is 5.92 Å². The summed E-state index contributed by atoms with van der Waals surface area (Å²) >= 11 is 0. The Balaban J connectivity index is 1.37. The predicted octanol–water partition coefficient (Wildman–Crippen LogP) is 4.11. The van der Waals surface area contributed by atoms with Gasteiger partial charge >= 0.3 is 12.2 Å². The van der Waals surface area contributed by atoms with Crippen molar-refractivity contribution in [1.82, 2.24) is 10.6 Å². The Bertz CT molecular complexity index is 897. The quantitative estimate of drug-likeness (QED) is 0.555. The maximum atomic E-state index is 12.1. The van der Waals surface area contributed by atoms with E-state index in [0.717, 1.165) is 24.0 Å². The molecule has 9 heteroatoms. The van der Waals surface area contributed by atoms with Gasteiger partial charge in [0.25, 0.3) is 0 Å². The zero-order valence-corrected chi connectivity index (χ0v) is 16.8. The van der Waals surface area contributed by atoms with Crippen molar-refractivity contribution >= 4 is 17.6 Å². The molecule has 3 N–H and O–H groups in total. The normalized spacial score (nSPS) is 13.5. The minimum atomic E-state index is -4.34. The van der Waals surface area contributed by atoms with Gasteiger partial charge in [-0.15, -0.1) is 0 Å². The summed E-state index contributed by atoms with van der Waals surface area (Å²) < 4.78 is 40.9. The van der Waals surface area contributed by atoms with Crippen molar-refractivity contribution in [3.05, 3.63) is 65.2 Å². The second kappa shape index (κ2) is 10.3. The first-order valence-electron chi connectivity index (χ1n) is 9.92. The molecular formula is C22H24F3N3O3. The van der Waals surface area contributed by atoms with Crippen molar-refractivity contribution in [1.29, 1.82) is 0 Å². The van der Waals surface area contributed by atoms with Gasteiger partial charge in [-0.2, -0.15) is 13.2 Å². The number of halogens is 3. The topological polar surface area (TPSA) is 79.5 Å². The number of carbonyl (C=O) groups excluding carboxylic acids is 2. The summed E-state index contributed by atoms with van der Waals surface area (Å²) in [6.45, 7) is -0.846. The summed E-state index contributed by atoms with van der Waals surface area (Å²) in [5.74, 6) is 0.148. The van der Waals surface area contributed by atoms with Crippen molar-refractivity contribution in [2.45, 2.75) is 38.7 Å². The molecule has 2 aromatic rings. The molecular weight excluding hydrogens is 411 g/mol. The highest BCUT2D eigenvalue weighted by Gasteiger charge is 2.29. The van der Waals surface area contributed by atoms with E-state index in [1.54, 1.807) is 24.3 Å².